The fraction of sp³-hybridized carbons (Fsp3) is 0.238. The molecule has 1 saturated heterocycles. The molecule has 0 aliphatic carbocycles. The van der Waals surface area contributed by atoms with Gasteiger partial charge in [-0.3, -0.25) is 9.88 Å². The van der Waals surface area contributed by atoms with E-state index in [1.165, 1.54) is 5.56 Å². The largest absolute Gasteiger partial charge is 0.337 e. The van der Waals surface area contributed by atoms with Crippen LogP contribution in [0.15, 0.2) is 71.6 Å². The van der Waals surface area contributed by atoms with Crippen molar-refractivity contribution in [2.75, 3.05) is 6.54 Å². The fourth-order valence-corrected chi connectivity index (χ4v) is 3.66. The lowest BCUT2D eigenvalue weighted by atomic mass is 10.2. The summed E-state index contributed by atoms with van der Waals surface area (Å²) in [5, 5.41) is 8.62. The van der Waals surface area contributed by atoms with Crippen LogP contribution in [0.3, 0.4) is 0 Å². The number of rotatable bonds is 5. The molecule has 1 atom stereocenters. The molecule has 5 rings (SSSR count). The Hall–Kier alpha value is -3.32. The van der Waals surface area contributed by atoms with E-state index in [2.05, 4.69) is 31.3 Å². The predicted molar refractivity (Wildman–Crippen MR) is 103 cm³/mol. The summed E-state index contributed by atoms with van der Waals surface area (Å²) in [6.07, 6.45) is 7.86. The maximum absolute atomic E-state index is 5.58. The van der Waals surface area contributed by atoms with E-state index >= 15 is 0 Å². The van der Waals surface area contributed by atoms with Crippen LogP contribution in [0.4, 0.5) is 0 Å². The van der Waals surface area contributed by atoms with E-state index in [1.54, 1.807) is 6.20 Å². The van der Waals surface area contributed by atoms with E-state index in [9.17, 15) is 0 Å². The second kappa shape index (κ2) is 7.36. The number of benzene rings is 1. The molecule has 7 heteroatoms. The van der Waals surface area contributed by atoms with Crippen LogP contribution in [0.5, 0.6) is 0 Å². The van der Waals surface area contributed by atoms with Gasteiger partial charge in [0.1, 0.15) is 5.69 Å². The van der Waals surface area contributed by atoms with Gasteiger partial charge in [0.05, 0.1) is 17.9 Å². The first-order chi connectivity index (χ1) is 13.9. The summed E-state index contributed by atoms with van der Waals surface area (Å²) in [6, 6.07) is 15.9. The van der Waals surface area contributed by atoms with Gasteiger partial charge in [0.2, 0.25) is 11.7 Å². The number of hydrogen-bond donors (Lipinski definition) is 0. The highest BCUT2D eigenvalue weighted by molar-refractivity contribution is 5.47. The summed E-state index contributed by atoms with van der Waals surface area (Å²) in [7, 11) is 0. The molecule has 0 radical (unpaired) electrons. The van der Waals surface area contributed by atoms with Gasteiger partial charge in [-0.1, -0.05) is 29.4 Å². The SMILES string of the molecule is c1ccc(-n2cc(CN3CCC[C@H]3c3nc(-c4ccccn4)no3)cn2)cc1. The Kier molecular flexibility index (Phi) is 4.42. The molecule has 0 spiro atoms. The number of pyridine rings is 1. The highest BCUT2D eigenvalue weighted by atomic mass is 16.5. The quantitative estimate of drug-likeness (QED) is 0.532. The topological polar surface area (TPSA) is 72.9 Å². The first kappa shape index (κ1) is 16.8. The summed E-state index contributed by atoms with van der Waals surface area (Å²) in [5.74, 6) is 1.20. The molecule has 28 heavy (non-hydrogen) atoms. The Bertz CT molecular complexity index is 1040. The summed E-state index contributed by atoms with van der Waals surface area (Å²) < 4.78 is 7.49. The number of aromatic nitrogens is 5. The predicted octanol–water partition coefficient (Wildman–Crippen LogP) is 3.65. The average Bonchev–Trinajstić information content (AvgIpc) is 3.50. The molecular formula is C21H20N6O. The van der Waals surface area contributed by atoms with Crippen molar-refractivity contribution in [3.05, 3.63) is 78.6 Å². The molecule has 0 bridgehead atoms. The van der Waals surface area contributed by atoms with Crippen molar-refractivity contribution < 1.29 is 4.52 Å². The number of likely N-dealkylation sites (tertiary alicyclic amines) is 1. The first-order valence-electron chi connectivity index (χ1n) is 9.45. The molecule has 0 N–H and O–H groups in total. The second-order valence-electron chi connectivity index (χ2n) is 6.93. The molecule has 0 saturated carbocycles. The molecular weight excluding hydrogens is 352 g/mol. The minimum absolute atomic E-state index is 0.130. The van der Waals surface area contributed by atoms with Gasteiger partial charge in [-0.25, -0.2) is 4.68 Å². The van der Waals surface area contributed by atoms with Gasteiger partial charge in [-0.15, -0.1) is 0 Å². The van der Waals surface area contributed by atoms with Crippen LogP contribution in [0.2, 0.25) is 0 Å². The zero-order chi connectivity index (χ0) is 18.8. The molecule has 1 fully saturated rings. The maximum atomic E-state index is 5.58. The van der Waals surface area contributed by atoms with Crippen molar-refractivity contribution in [3.8, 4) is 17.2 Å². The van der Waals surface area contributed by atoms with Crippen LogP contribution < -0.4 is 0 Å². The molecule has 4 heterocycles. The molecule has 1 aliphatic heterocycles. The van der Waals surface area contributed by atoms with Crippen LogP contribution in [0.1, 0.15) is 30.3 Å². The first-order valence-corrected chi connectivity index (χ1v) is 9.45. The maximum Gasteiger partial charge on any atom is 0.244 e. The third-order valence-electron chi connectivity index (χ3n) is 5.03. The molecule has 7 nitrogen and oxygen atoms in total. The number of nitrogens with zero attached hydrogens (tertiary/aromatic N) is 6. The molecule has 0 amide bonds. The normalized spacial score (nSPS) is 17.2. The van der Waals surface area contributed by atoms with E-state index in [4.69, 9.17) is 4.52 Å². The lowest BCUT2D eigenvalue weighted by Crippen LogP contribution is -2.22. The summed E-state index contributed by atoms with van der Waals surface area (Å²) in [5.41, 5.74) is 2.95. The van der Waals surface area contributed by atoms with E-state index in [1.807, 2.05) is 59.4 Å². The zero-order valence-corrected chi connectivity index (χ0v) is 15.3. The summed E-state index contributed by atoms with van der Waals surface area (Å²) >= 11 is 0. The Morgan fingerprint density at radius 1 is 1.07 bits per heavy atom. The summed E-state index contributed by atoms with van der Waals surface area (Å²) in [6.45, 7) is 1.81. The van der Waals surface area contributed by atoms with Gasteiger partial charge in [-0.2, -0.15) is 10.1 Å². The standard InChI is InChI=1S/C21H20N6O/c1-2-7-17(8-3-1)27-15-16(13-23-27)14-26-12-6-10-19(26)21-24-20(25-28-21)18-9-4-5-11-22-18/h1-5,7-9,11,13,15,19H,6,10,12,14H2/t19-/m0/s1. The monoisotopic (exact) mass is 372 g/mol. The highest BCUT2D eigenvalue weighted by Gasteiger charge is 2.31. The molecule has 1 aliphatic rings. The number of para-hydroxylation sites is 1. The van der Waals surface area contributed by atoms with Crippen molar-refractivity contribution >= 4 is 0 Å². The van der Waals surface area contributed by atoms with Gasteiger partial charge >= 0.3 is 0 Å². The van der Waals surface area contributed by atoms with E-state index in [-0.39, 0.29) is 6.04 Å². The average molecular weight is 372 g/mol. The van der Waals surface area contributed by atoms with Crippen molar-refractivity contribution in [3.63, 3.8) is 0 Å². The smallest absolute Gasteiger partial charge is 0.244 e. The van der Waals surface area contributed by atoms with Crippen LogP contribution in [0.25, 0.3) is 17.2 Å². The van der Waals surface area contributed by atoms with Crippen molar-refractivity contribution in [1.82, 2.24) is 29.8 Å². The zero-order valence-electron chi connectivity index (χ0n) is 15.3. The van der Waals surface area contributed by atoms with Crippen LogP contribution in [-0.4, -0.2) is 36.3 Å². The van der Waals surface area contributed by atoms with E-state index in [0.717, 1.165) is 37.3 Å². The van der Waals surface area contributed by atoms with Crippen molar-refractivity contribution in [2.45, 2.75) is 25.4 Å². The van der Waals surface area contributed by atoms with Gasteiger partial charge < -0.3 is 4.52 Å². The molecule has 140 valence electrons. The van der Waals surface area contributed by atoms with E-state index < -0.39 is 0 Å². The summed E-state index contributed by atoms with van der Waals surface area (Å²) in [4.78, 5) is 11.3. The molecule has 3 aromatic heterocycles. The van der Waals surface area contributed by atoms with Crippen molar-refractivity contribution in [2.24, 2.45) is 0 Å². The lowest BCUT2D eigenvalue weighted by Gasteiger charge is -2.20. The highest BCUT2D eigenvalue weighted by Crippen LogP contribution is 2.33. The Balaban J connectivity index is 1.33. The third kappa shape index (κ3) is 3.32. The third-order valence-corrected chi connectivity index (χ3v) is 5.03. The molecule has 4 aromatic rings. The van der Waals surface area contributed by atoms with Gasteiger partial charge in [-0.05, 0) is 43.7 Å². The number of hydrogen-bond acceptors (Lipinski definition) is 6. The van der Waals surface area contributed by atoms with Gasteiger partial charge in [0, 0.05) is 24.5 Å². The molecule has 1 aromatic carbocycles. The molecule has 0 unspecified atom stereocenters. The minimum atomic E-state index is 0.130. The lowest BCUT2D eigenvalue weighted by molar-refractivity contribution is 0.201. The van der Waals surface area contributed by atoms with Crippen molar-refractivity contribution in [1.29, 1.82) is 0 Å². The van der Waals surface area contributed by atoms with E-state index in [0.29, 0.717) is 11.7 Å². The Morgan fingerprint density at radius 3 is 2.82 bits per heavy atom. The second-order valence-corrected chi connectivity index (χ2v) is 6.93. The van der Waals surface area contributed by atoms with Crippen LogP contribution >= 0.6 is 0 Å². The fourth-order valence-electron chi connectivity index (χ4n) is 3.66. The van der Waals surface area contributed by atoms with Gasteiger partial charge in [0.25, 0.3) is 0 Å². The van der Waals surface area contributed by atoms with Crippen LogP contribution in [0, 0.1) is 0 Å². The minimum Gasteiger partial charge on any atom is -0.337 e. The van der Waals surface area contributed by atoms with Crippen LogP contribution in [-0.2, 0) is 6.54 Å². The van der Waals surface area contributed by atoms with Gasteiger partial charge in [0.15, 0.2) is 0 Å². The Morgan fingerprint density at radius 2 is 1.96 bits per heavy atom. The Labute approximate surface area is 162 Å².